The molecule has 0 bridgehead atoms. The van der Waals surface area contributed by atoms with Gasteiger partial charge in [0, 0.05) is 17.8 Å². The van der Waals surface area contributed by atoms with Crippen LogP contribution < -0.4 is 0 Å². The molecule has 0 saturated heterocycles. The van der Waals surface area contributed by atoms with E-state index in [9.17, 15) is 19.5 Å². The third-order valence-electron chi connectivity index (χ3n) is 14.0. The minimum atomic E-state index is -1.13. The highest BCUT2D eigenvalue weighted by Gasteiger charge is 2.71. The van der Waals surface area contributed by atoms with Crippen molar-refractivity contribution in [2.45, 2.75) is 112 Å². The molecule has 5 heteroatoms. The van der Waals surface area contributed by atoms with Crippen molar-refractivity contribution < 1.29 is 24.2 Å². The molecule has 0 heterocycles. The van der Waals surface area contributed by atoms with Crippen molar-refractivity contribution in [3.8, 4) is 0 Å². The molecule has 1 aromatic carbocycles. The standard InChI is InChI=1S/C37H50O5/c1-32(2)21-25-24-13-14-27-34(5)17-16-28(38)33(3,4)26(34)15-18-36(27,7)35(24,6)19-20-37(25,31(40)41)29(22-32)42-30(39)23-11-9-8-10-12-23/h8-13,25-27,29H,14-22H2,1-7H3,(H,40,41)/t25-,26-,27+,29+,34-,35+,36+,37-/m0/s1. The summed E-state index contributed by atoms with van der Waals surface area (Å²) in [7, 11) is 0. The van der Waals surface area contributed by atoms with Gasteiger partial charge in [-0.05, 0) is 97.0 Å². The molecule has 0 radical (unpaired) electrons. The quantitative estimate of drug-likeness (QED) is 0.290. The fourth-order valence-corrected chi connectivity index (χ4v) is 11.5. The lowest BCUT2D eigenvalue weighted by Crippen LogP contribution is -2.66. The third-order valence-corrected chi connectivity index (χ3v) is 14.0. The minimum Gasteiger partial charge on any atom is -0.481 e. The lowest BCUT2D eigenvalue weighted by molar-refractivity contribution is -0.200. The van der Waals surface area contributed by atoms with Crippen LogP contribution in [0.5, 0.6) is 0 Å². The number of fused-ring (bicyclic) bond motifs is 7. The van der Waals surface area contributed by atoms with E-state index < -0.39 is 23.5 Å². The summed E-state index contributed by atoms with van der Waals surface area (Å²) >= 11 is 0. The lowest BCUT2D eigenvalue weighted by Gasteiger charge is -2.70. The molecule has 6 rings (SSSR count). The van der Waals surface area contributed by atoms with Gasteiger partial charge in [-0.25, -0.2) is 4.79 Å². The molecule has 0 aliphatic heterocycles. The van der Waals surface area contributed by atoms with Crippen LogP contribution in [0.4, 0.5) is 0 Å². The number of allylic oxidation sites excluding steroid dienone is 2. The van der Waals surface area contributed by atoms with Crippen LogP contribution in [0.15, 0.2) is 42.0 Å². The summed E-state index contributed by atoms with van der Waals surface area (Å²) in [6, 6.07) is 8.96. The number of Topliss-reactive ketones (excluding diaryl/α,β-unsaturated/α-hetero) is 1. The smallest absolute Gasteiger partial charge is 0.338 e. The van der Waals surface area contributed by atoms with Gasteiger partial charge in [0.25, 0.3) is 0 Å². The highest BCUT2D eigenvalue weighted by molar-refractivity contribution is 5.90. The number of carboxylic acid groups (broad SMARTS) is 1. The molecular formula is C37H50O5. The van der Waals surface area contributed by atoms with Crippen molar-refractivity contribution in [2.24, 2.45) is 50.2 Å². The molecule has 5 nitrogen and oxygen atoms in total. The van der Waals surface area contributed by atoms with E-state index in [1.54, 1.807) is 12.1 Å². The first kappa shape index (κ1) is 29.6. The van der Waals surface area contributed by atoms with Crippen LogP contribution in [0, 0.1) is 50.2 Å². The molecule has 1 N–H and O–H groups in total. The highest BCUT2D eigenvalue weighted by atomic mass is 16.5. The average molecular weight is 575 g/mol. The maximum Gasteiger partial charge on any atom is 0.338 e. The first-order chi connectivity index (χ1) is 19.5. The van der Waals surface area contributed by atoms with Gasteiger partial charge in [0.2, 0.25) is 0 Å². The predicted octanol–water partition coefficient (Wildman–Crippen LogP) is 8.28. The van der Waals surface area contributed by atoms with Crippen molar-refractivity contribution >= 4 is 17.7 Å². The van der Waals surface area contributed by atoms with E-state index >= 15 is 0 Å². The molecule has 5 aliphatic rings. The van der Waals surface area contributed by atoms with Crippen LogP contribution in [0.25, 0.3) is 0 Å². The monoisotopic (exact) mass is 574 g/mol. The fraction of sp³-hybridized carbons (Fsp3) is 0.703. The normalized spacial score (nSPS) is 43.5. The van der Waals surface area contributed by atoms with Gasteiger partial charge in [-0.3, -0.25) is 9.59 Å². The van der Waals surface area contributed by atoms with E-state index in [-0.39, 0.29) is 33.0 Å². The molecule has 8 atom stereocenters. The fourth-order valence-electron chi connectivity index (χ4n) is 11.5. The Bertz CT molecular complexity index is 1340. The van der Waals surface area contributed by atoms with Crippen LogP contribution in [-0.4, -0.2) is 28.9 Å². The van der Waals surface area contributed by atoms with Gasteiger partial charge in [0.05, 0.1) is 5.56 Å². The van der Waals surface area contributed by atoms with Crippen molar-refractivity contribution in [3.63, 3.8) is 0 Å². The zero-order chi connectivity index (χ0) is 30.5. The number of carboxylic acids is 1. The van der Waals surface area contributed by atoms with E-state index in [0.717, 1.165) is 38.5 Å². The number of esters is 1. The number of carbonyl (C=O) groups is 3. The summed E-state index contributed by atoms with van der Waals surface area (Å²) in [5.74, 6) is -0.204. The Labute approximate surface area is 251 Å². The number of rotatable bonds is 3. The van der Waals surface area contributed by atoms with Crippen molar-refractivity contribution in [1.29, 1.82) is 0 Å². The van der Waals surface area contributed by atoms with E-state index in [4.69, 9.17) is 4.74 Å². The Morgan fingerprint density at radius 2 is 1.57 bits per heavy atom. The SMILES string of the molecule is CC1(C)C[C@@H](OC(=O)c2ccccc2)[C@]2(C(=O)O)CC[C@]3(C)C(=CC[C@@H]4[C@@]5(C)CCC(=O)C(C)(C)[C@@H]5CC[C@]43C)[C@@H]2C1. The maximum atomic E-state index is 13.5. The second-order valence-electron chi connectivity index (χ2n) is 16.7. The number of ether oxygens (including phenoxy) is 1. The van der Waals surface area contributed by atoms with Gasteiger partial charge in [-0.1, -0.05) is 78.3 Å². The zero-order valence-corrected chi connectivity index (χ0v) is 26.7. The van der Waals surface area contributed by atoms with Crippen molar-refractivity contribution in [3.05, 3.63) is 47.5 Å². The summed E-state index contributed by atoms with van der Waals surface area (Å²) < 4.78 is 6.23. The Kier molecular flexibility index (Phi) is 6.55. The van der Waals surface area contributed by atoms with Crippen LogP contribution >= 0.6 is 0 Å². The summed E-state index contributed by atoms with van der Waals surface area (Å²) in [6.45, 7) is 16.1. The van der Waals surface area contributed by atoms with Crippen molar-refractivity contribution in [2.75, 3.05) is 0 Å². The number of hydrogen-bond donors (Lipinski definition) is 1. The highest BCUT2D eigenvalue weighted by Crippen LogP contribution is 2.75. The molecule has 1 aromatic rings. The van der Waals surface area contributed by atoms with Gasteiger partial charge in [0.1, 0.15) is 17.3 Å². The van der Waals surface area contributed by atoms with Crippen LogP contribution in [-0.2, 0) is 14.3 Å². The first-order valence-corrected chi connectivity index (χ1v) is 16.3. The van der Waals surface area contributed by atoms with E-state index in [0.29, 0.717) is 42.4 Å². The van der Waals surface area contributed by atoms with E-state index in [2.05, 4.69) is 54.5 Å². The van der Waals surface area contributed by atoms with E-state index in [1.165, 1.54) is 5.57 Å². The second-order valence-corrected chi connectivity index (χ2v) is 16.7. The topological polar surface area (TPSA) is 80.7 Å². The molecule has 0 aromatic heterocycles. The van der Waals surface area contributed by atoms with Gasteiger partial charge in [-0.2, -0.15) is 0 Å². The molecule has 0 amide bonds. The molecule has 5 aliphatic carbocycles. The van der Waals surface area contributed by atoms with E-state index in [1.807, 2.05) is 18.2 Å². The first-order valence-electron chi connectivity index (χ1n) is 16.3. The maximum absolute atomic E-state index is 13.5. The van der Waals surface area contributed by atoms with Crippen LogP contribution in [0.2, 0.25) is 0 Å². The Morgan fingerprint density at radius 1 is 0.881 bits per heavy atom. The summed E-state index contributed by atoms with van der Waals surface area (Å²) in [5.41, 5.74) is 0.126. The zero-order valence-electron chi connectivity index (χ0n) is 26.7. The molecule has 0 unspecified atom stereocenters. The Balaban J connectivity index is 1.42. The lowest BCUT2D eigenvalue weighted by atomic mass is 9.33. The largest absolute Gasteiger partial charge is 0.481 e. The molecule has 4 saturated carbocycles. The van der Waals surface area contributed by atoms with Gasteiger partial charge < -0.3 is 9.84 Å². The third kappa shape index (κ3) is 3.83. The number of carbonyl (C=O) groups excluding carboxylic acids is 2. The number of aliphatic carboxylic acids is 1. The average Bonchev–Trinajstić information content (AvgIpc) is 2.91. The predicted molar refractivity (Wildman–Crippen MR) is 163 cm³/mol. The molecule has 0 spiro atoms. The van der Waals surface area contributed by atoms with Gasteiger partial charge in [0.15, 0.2) is 0 Å². The number of benzene rings is 1. The number of hydrogen-bond acceptors (Lipinski definition) is 4. The Morgan fingerprint density at radius 3 is 2.24 bits per heavy atom. The molecule has 228 valence electrons. The molecule has 4 fully saturated rings. The second kappa shape index (κ2) is 9.29. The van der Waals surface area contributed by atoms with Crippen molar-refractivity contribution in [1.82, 2.24) is 0 Å². The van der Waals surface area contributed by atoms with Gasteiger partial charge >= 0.3 is 11.9 Å². The molecule has 42 heavy (non-hydrogen) atoms. The van der Waals surface area contributed by atoms with Crippen LogP contribution in [0.1, 0.15) is 117 Å². The summed E-state index contributed by atoms with van der Waals surface area (Å²) in [4.78, 5) is 39.9. The number of ketones is 1. The summed E-state index contributed by atoms with van der Waals surface area (Å²) in [5, 5.41) is 11.0. The van der Waals surface area contributed by atoms with Crippen LogP contribution in [0.3, 0.4) is 0 Å². The van der Waals surface area contributed by atoms with Gasteiger partial charge in [-0.15, -0.1) is 0 Å². The molecular weight excluding hydrogens is 524 g/mol. The minimum absolute atomic E-state index is 0.0151. The Hall–Kier alpha value is -2.43. The summed E-state index contributed by atoms with van der Waals surface area (Å²) in [6.07, 6.45) is 9.00.